The Labute approximate surface area is 162 Å². The fourth-order valence-corrected chi connectivity index (χ4v) is 2.87. The maximum absolute atomic E-state index is 12.3. The second-order valence-electron chi connectivity index (χ2n) is 6.45. The van der Waals surface area contributed by atoms with E-state index in [1.807, 2.05) is 30.3 Å². The predicted molar refractivity (Wildman–Crippen MR) is 104 cm³/mol. The Balaban J connectivity index is 1.32. The molecule has 0 aliphatic carbocycles. The Morgan fingerprint density at radius 2 is 1.86 bits per heavy atom. The largest absolute Gasteiger partial charge is 0.454 e. The zero-order valence-corrected chi connectivity index (χ0v) is 15.4. The van der Waals surface area contributed by atoms with Crippen molar-refractivity contribution in [2.75, 3.05) is 12.1 Å². The molecule has 2 aromatic carbocycles. The van der Waals surface area contributed by atoms with E-state index in [0.717, 1.165) is 11.3 Å². The molecule has 1 amide bonds. The van der Waals surface area contributed by atoms with Crippen LogP contribution in [0.4, 0.5) is 5.82 Å². The van der Waals surface area contributed by atoms with Crippen LogP contribution in [-0.4, -0.2) is 22.9 Å². The number of hydrogen-bond acceptors (Lipinski definition) is 6. The normalized spacial score (nSPS) is 11.9. The summed E-state index contributed by atoms with van der Waals surface area (Å²) >= 11 is 0. The quantitative estimate of drug-likeness (QED) is 0.688. The Kier molecular flexibility index (Phi) is 5.05. The van der Waals surface area contributed by atoms with E-state index in [1.165, 1.54) is 11.1 Å². The topological polar surface area (TPSA) is 85.4 Å². The zero-order valence-electron chi connectivity index (χ0n) is 15.4. The molecule has 2 heterocycles. The van der Waals surface area contributed by atoms with Crippen LogP contribution < -0.4 is 20.1 Å². The molecule has 2 N–H and O–H groups in total. The van der Waals surface area contributed by atoms with Crippen molar-refractivity contribution in [3.63, 3.8) is 0 Å². The highest BCUT2D eigenvalue weighted by atomic mass is 16.7. The molecular formula is C21H20N4O3. The van der Waals surface area contributed by atoms with Gasteiger partial charge in [-0.25, -0.2) is 0 Å². The van der Waals surface area contributed by atoms with Crippen molar-refractivity contribution >= 4 is 11.7 Å². The highest BCUT2D eigenvalue weighted by molar-refractivity contribution is 5.92. The van der Waals surface area contributed by atoms with Gasteiger partial charge in [0.15, 0.2) is 17.2 Å². The van der Waals surface area contributed by atoms with Crippen LogP contribution in [0.1, 0.15) is 27.2 Å². The number of rotatable bonds is 6. The number of anilines is 1. The molecule has 0 radical (unpaired) electrons. The van der Waals surface area contributed by atoms with Crippen molar-refractivity contribution < 1.29 is 14.3 Å². The average Bonchev–Trinajstić information content (AvgIpc) is 3.20. The van der Waals surface area contributed by atoms with E-state index < -0.39 is 0 Å². The maximum atomic E-state index is 12.3. The van der Waals surface area contributed by atoms with Gasteiger partial charge in [0, 0.05) is 13.1 Å². The van der Waals surface area contributed by atoms with Crippen molar-refractivity contribution in [3.05, 3.63) is 77.0 Å². The van der Waals surface area contributed by atoms with E-state index in [2.05, 4.69) is 39.9 Å². The van der Waals surface area contributed by atoms with Gasteiger partial charge in [-0.05, 0) is 47.9 Å². The summed E-state index contributed by atoms with van der Waals surface area (Å²) in [6, 6.07) is 17.1. The van der Waals surface area contributed by atoms with E-state index in [-0.39, 0.29) is 18.4 Å². The first-order chi connectivity index (χ1) is 13.7. The summed E-state index contributed by atoms with van der Waals surface area (Å²) in [4.78, 5) is 12.3. The number of nitrogens with zero attached hydrogens (tertiary/aromatic N) is 2. The monoisotopic (exact) mass is 376 g/mol. The molecule has 28 heavy (non-hydrogen) atoms. The van der Waals surface area contributed by atoms with Crippen molar-refractivity contribution in [1.29, 1.82) is 0 Å². The Hall–Kier alpha value is -3.61. The van der Waals surface area contributed by atoms with Gasteiger partial charge in [-0.3, -0.25) is 4.79 Å². The minimum absolute atomic E-state index is 0.227. The molecule has 0 fully saturated rings. The highest BCUT2D eigenvalue weighted by Crippen LogP contribution is 2.32. The number of carbonyl (C=O) groups excluding carboxylic acids is 1. The van der Waals surface area contributed by atoms with Gasteiger partial charge in [-0.15, -0.1) is 10.2 Å². The molecule has 1 aliphatic heterocycles. The lowest BCUT2D eigenvalue weighted by atomic mass is 10.1. The SMILES string of the molecule is Cc1ccccc1CNc1ccc(C(=O)NCc2ccc3c(c2)OCO3)nn1. The van der Waals surface area contributed by atoms with E-state index >= 15 is 0 Å². The van der Waals surface area contributed by atoms with Crippen LogP contribution in [0.25, 0.3) is 0 Å². The van der Waals surface area contributed by atoms with Crippen molar-refractivity contribution in [2.45, 2.75) is 20.0 Å². The number of carbonyl (C=O) groups is 1. The van der Waals surface area contributed by atoms with Crippen LogP contribution in [0.5, 0.6) is 11.5 Å². The molecule has 3 aromatic rings. The fraction of sp³-hybridized carbons (Fsp3) is 0.190. The zero-order chi connectivity index (χ0) is 19.3. The van der Waals surface area contributed by atoms with Gasteiger partial charge < -0.3 is 20.1 Å². The van der Waals surface area contributed by atoms with Crippen LogP contribution in [0.3, 0.4) is 0 Å². The Bertz CT molecular complexity index is 989. The number of hydrogen-bond donors (Lipinski definition) is 2. The number of aryl methyl sites for hydroxylation is 1. The summed E-state index contributed by atoms with van der Waals surface area (Å²) < 4.78 is 10.6. The lowest BCUT2D eigenvalue weighted by Gasteiger charge is -2.08. The lowest BCUT2D eigenvalue weighted by molar-refractivity contribution is 0.0945. The summed E-state index contributed by atoms with van der Waals surface area (Å²) in [6.07, 6.45) is 0. The Morgan fingerprint density at radius 1 is 1.00 bits per heavy atom. The van der Waals surface area contributed by atoms with Gasteiger partial charge in [0.1, 0.15) is 5.82 Å². The first-order valence-electron chi connectivity index (χ1n) is 8.98. The third kappa shape index (κ3) is 4.03. The molecular weight excluding hydrogens is 356 g/mol. The van der Waals surface area contributed by atoms with Crippen LogP contribution in [0.15, 0.2) is 54.6 Å². The third-order valence-electron chi connectivity index (χ3n) is 4.51. The van der Waals surface area contributed by atoms with Crippen LogP contribution in [-0.2, 0) is 13.1 Å². The van der Waals surface area contributed by atoms with Crippen LogP contribution >= 0.6 is 0 Å². The molecule has 0 unspecified atom stereocenters. The van der Waals surface area contributed by atoms with Gasteiger partial charge in [0.2, 0.25) is 6.79 Å². The highest BCUT2D eigenvalue weighted by Gasteiger charge is 2.14. The molecule has 0 atom stereocenters. The van der Waals surface area contributed by atoms with E-state index in [0.29, 0.717) is 24.7 Å². The van der Waals surface area contributed by atoms with Crippen molar-refractivity contribution in [1.82, 2.24) is 15.5 Å². The lowest BCUT2D eigenvalue weighted by Crippen LogP contribution is -2.24. The van der Waals surface area contributed by atoms with Crippen molar-refractivity contribution in [3.8, 4) is 11.5 Å². The van der Waals surface area contributed by atoms with E-state index in [9.17, 15) is 4.79 Å². The van der Waals surface area contributed by atoms with Crippen LogP contribution in [0, 0.1) is 6.92 Å². The molecule has 4 rings (SSSR count). The van der Waals surface area contributed by atoms with E-state index in [1.54, 1.807) is 12.1 Å². The second-order valence-corrected chi connectivity index (χ2v) is 6.45. The summed E-state index contributed by atoms with van der Waals surface area (Å²) in [7, 11) is 0. The first-order valence-corrected chi connectivity index (χ1v) is 8.98. The average molecular weight is 376 g/mol. The summed E-state index contributed by atoms with van der Waals surface area (Å²) in [6.45, 7) is 3.31. The Morgan fingerprint density at radius 3 is 2.68 bits per heavy atom. The van der Waals surface area contributed by atoms with Crippen LogP contribution in [0.2, 0.25) is 0 Å². The third-order valence-corrected chi connectivity index (χ3v) is 4.51. The molecule has 0 saturated heterocycles. The number of amides is 1. The molecule has 7 heteroatoms. The number of ether oxygens (including phenoxy) is 2. The summed E-state index contributed by atoms with van der Waals surface area (Å²) in [5.41, 5.74) is 3.58. The number of benzene rings is 2. The van der Waals surface area contributed by atoms with Gasteiger partial charge in [-0.2, -0.15) is 0 Å². The maximum Gasteiger partial charge on any atom is 0.272 e. The van der Waals surface area contributed by atoms with Gasteiger partial charge in [0.05, 0.1) is 0 Å². The molecule has 1 aliphatic rings. The van der Waals surface area contributed by atoms with Crippen molar-refractivity contribution in [2.24, 2.45) is 0 Å². The van der Waals surface area contributed by atoms with E-state index in [4.69, 9.17) is 9.47 Å². The fourth-order valence-electron chi connectivity index (χ4n) is 2.87. The molecule has 0 spiro atoms. The first kappa shape index (κ1) is 17.8. The molecule has 0 saturated carbocycles. The molecule has 7 nitrogen and oxygen atoms in total. The van der Waals surface area contributed by atoms with Gasteiger partial charge >= 0.3 is 0 Å². The smallest absolute Gasteiger partial charge is 0.272 e. The van der Waals surface area contributed by atoms with Gasteiger partial charge in [-0.1, -0.05) is 30.3 Å². The molecule has 142 valence electrons. The number of nitrogens with one attached hydrogen (secondary N) is 2. The minimum atomic E-state index is -0.282. The summed E-state index contributed by atoms with van der Waals surface area (Å²) in [5, 5.41) is 14.2. The molecule has 1 aromatic heterocycles. The number of fused-ring (bicyclic) bond motifs is 1. The number of aromatic nitrogens is 2. The van der Waals surface area contributed by atoms with Gasteiger partial charge in [0.25, 0.3) is 5.91 Å². The second kappa shape index (κ2) is 7.96. The molecule has 0 bridgehead atoms. The summed E-state index contributed by atoms with van der Waals surface area (Å²) in [5.74, 6) is 1.75. The predicted octanol–water partition coefficient (Wildman–Crippen LogP) is 3.06. The minimum Gasteiger partial charge on any atom is -0.454 e. The standard InChI is InChI=1S/C21H20N4O3/c1-14-4-2-3-5-16(14)12-22-20-9-7-17(24-25-20)21(26)23-11-15-6-8-18-19(10-15)28-13-27-18/h2-10H,11-13H2,1H3,(H,22,25)(H,23,26).